The van der Waals surface area contributed by atoms with E-state index in [1.807, 2.05) is 10.3 Å². The van der Waals surface area contributed by atoms with Crippen LogP contribution < -0.4 is 0 Å². The first-order valence-corrected chi connectivity index (χ1v) is 8.85. The van der Waals surface area contributed by atoms with Gasteiger partial charge in [-0.15, -0.1) is 11.3 Å². The Morgan fingerprint density at radius 3 is 2.90 bits per heavy atom. The van der Waals surface area contributed by atoms with Crippen LogP contribution in [0.1, 0.15) is 22.5 Å². The summed E-state index contributed by atoms with van der Waals surface area (Å²) in [6.45, 7) is 4.13. The van der Waals surface area contributed by atoms with Gasteiger partial charge in [-0.05, 0) is 30.2 Å². The highest BCUT2D eigenvalue weighted by molar-refractivity contribution is 7.12. The monoisotopic (exact) mass is 326 g/mol. The van der Waals surface area contributed by atoms with Gasteiger partial charge in [0, 0.05) is 25.7 Å². The maximum atomic E-state index is 12.6. The van der Waals surface area contributed by atoms with Gasteiger partial charge in [-0.3, -0.25) is 9.69 Å². The van der Waals surface area contributed by atoms with E-state index in [4.69, 9.17) is 16.3 Å². The van der Waals surface area contributed by atoms with Crippen LogP contribution in [0.4, 0.5) is 0 Å². The second kappa shape index (κ2) is 5.54. The van der Waals surface area contributed by atoms with Gasteiger partial charge in [0.2, 0.25) is 0 Å². The lowest BCUT2D eigenvalue weighted by Gasteiger charge is -2.48. The topological polar surface area (TPSA) is 32.8 Å². The van der Waals surface area contributed by atoms with Gasteiger partial charge in [0.15, 0.2) is 0 Å². The second-order valence-corrected chi connectivity index (χ2v) is 7.51. The molecule has 4 nitrogen and oxygen atoms in total. The molecule has 3 aliphatic rings. The normalized spacial score (nSPS) is 30.2. The van der Waals surface area contributed by atoms with E-state index in [0.29, 0.717) is 22.0 Å². The van der Waals surface area contributed by atoms with E-state index in [-0.39, 0.29) is 5.91 Å². The van der Waals surface area contributed by atoms with E-state index < -0.39 is 0 Å². The van der Waals surface area contributed by atoms with Gasteiger partial charge < -0.3 is 9.64 Å². The predicted molar refractivity (Wildman–Crippen MR) is 83.1 cm³/mol. The van der Waals surface area contributed by atoms with Crippen molar-refractivity contribution in [3.8, 4) is 0 Å². The average molecular weight is 327 g/mol. The van der Waals surface area contributed by atoms with E-state index in [9.17, 15) is 4.79 Å². The summed E-state index contributed by atoms with van der Waals surface area (Å²) in [7, 11) is 0. The number of piperazine rings is 1. The van der Waals surface area contributed by atoms with Gasteiger partial charge in [0.25, 0.3) is 5.91 Å². The third-order valence-electron chi connectivity index (χ3n) is 4.82. The molecule has 2 aliphatic heterocycles. The minimum Gasteiger partial charge on any atom is -0.378 e. The second-order valence-electron chi connectivity index (χ2n) is 6.18. The van der Waals surface area contributed by atoms with Crippen molar-refractivity contribution in [1.29, 1.82) is 0 Å². The first kappa shape index (κ1) is 14.0. The standard InChI is InChI=1S/C15H19ClN2O2S/c16-12-3-6-21-14(12)15(19)17-4-5-18-11(7-17)8-20-9-13(18)10-1-2-10/h3,6,10-11,13H,1-2,4-5,7-9H2/t11-,13-/m1/s1. The van der Waals surface area contributed by atoms with Crippen LogP contribution in [0.3, 0.4) is 0 Å². The van der Waals surface area contributed by atoms with Gasteiger partial charge in [-0.25, -0.2) is 0 Å². The number of hydrogen-bond acceptors (Lipinski definition) is 4. The summed E-state index contributed by atoms with van der Waals surface area (Å²) in [5.74, 6) is 0.894. The van der Waals surface area contributed by atoms with E-state index in [2.05, 4.69) is 4.90 Å². The molecule has 1 saturated carbocycles. The van der Waals surface area contributed by atoms with Crippen molar-refractivity contribution in [1.82, 2.24) is 9.80 Å². The van der Waals surface area contributed by atoms with Crippen LogP contribution in [0.15, 0.2) is 11.4 Å². The number of carbonyl (C=O) groups excluding carboxylic acids is 1. The third-order valence-corrected chi connectivity index (χ3v) is 6.15. The molecule has 0 radical (unpaired) electrons. The van der Waals surface area contributed by atoms with Gasteiger partial charge in [0.1, 0.15) is 4.88 Å². The number of morpholine rings is 1. The SMILES string of the molecule is O=C(c1sccc1Cl)N1CCN2[C@@H](COC[C@@H]2C2CC2)C1. The van der Waals surface area contributed by atoms with Crippen molar-refractivity contribution in [2.75, 3.05) is 32.8 Å². The van der Waals surface area contributed by atoms with Crippen LogP contribution >= 0.6 is 22.9 Å². The number of fused-ring (bicyclic) bond motifs is 1. The predicted octanol–water partition coefficient (Wildman–Crippen LogP) is 2.34. The van der Waals surface area contributed by atoms with Gasteiger partial charge in [-0.2, -0.15) is 0 Å². The summed E-state index contributed by atoms with van der Waals surface area (Å²) < 4.78 is 5.79. The Kier molecular flexibility index (Phi) is 3.69. The molecule has 1 amide bonds. The van der Waals surface area contributed by atoms with Crippen molar-refractivity contribution in [3.05, 3.63) is 21.3 Å². The Hall–Kier alpha value is -0.620. The quantitative estimate of drug-likeness (QED) is 0.836. The maximum Gasteiger partial charge on any atom is 0.265 e. The van der Waals surface area contributed by atoms with Gasteiger partial charge in [0.05, 0.1) is 24.3 Å². The maximum absolute atomic E-state index is 12.6. The lowest BCUT2D eigenvalue weighted by molar-refractivity contribution is -0.0815. The van der Waals surface area contributed by atoms with Crippen molar-refractivity contribution in [2.45, 2.75) is 24.9 Å². The molecule has 1 aromatic heterocycles. The zero-order valence-electron chi connectivity index (χ0n) is 11.8. The van der Waals surface area contributed by atoms with Crippen molar-refractivity contribution >= 4 is 28.8 Å². The molecule has 21 heavy (non-hydrogen) atoms. The molecule has 0 N–H and O–H groups in total. The van der Waals surface area contributed by atoms with Gasteiger partial charge >= 0.3 is 0 Å². The number of hydrogen-bond donors (Lipinski definition) is 0. The Labute approximate surface area is 133 Å². The van der Waals surface area contributed by atoms with Crippen LogP contribution in [-0.4, -0.2) is 60.6 Å². The van der Waals surface area contributed by atoms with Crippen LogP contribution in [0.5, 0.6) is 0 Å². The highest BCUT2D eigenvalue weighted by atomic mass is 35.5. The molecule has 1 aliphatic carbocycles. The fourth-order valence-corrected chi connectivity index (χ4v) is 4.64. The minimum absolute atomic E-state index is 0.0724. The molecule has 114 valence electrons. The number of halogens is 1. The zero-order valence-corrected chi connectivity index (χ0v) is 13.4. The smallest absolute Gasteiger partial charge is 0.265 e. The molecule has 6 heteroatoms. The largest absolute Gasteiger partial charge is 0.378 e. The average Bonchev–Trinajstić information content (AvgIpc) is 3.27. The number of ether oxygens (including phenoxy) is 1. The van der Waals surface area contributed by atoms with Crippen LogP contribution in [0, 0.1) is 5.92 Å². The number of amides is 1. The number of thiophene rings is 1. The highest BCUT2D eigenvalue weighted by Crippen LogP contribution is 2.38. The van der Waals surface area contributed by atoms with E-state index in [1.54, 1.807) is 6.07 Å². The summed E-state index contributed by atoms with van der Waals surface area (Å²) in [4.78, 5) is 17.8. The molecule has 0 aromatic carbocycles. The van der Waals surface area contributed by atoms with E-state index in [0.717, 1.165) is 38.8 Å². The lowest BCUT2D eigenvalue weighted by atomic mass is 10.0. The third kappa shape index (κ3) is 2.61. The molecule has 2 atom stereocenters. The van der Waals surface area contributed by atoms with E-state index in [1.165, 1.54) is 24.2 Å². The molecule has 1 aromatic rings. The number of carbonyl (C=O) groups is 1. The van der Waals surface area contributed by atoms with Crippen molar-refractivity contribution in [2.24, 2.45) is 5.92 Å². The summed E-state index contributed by atoms with van der Waals surface area (Å²) in [6, 6.07) is 2.72. The number of rotatable bonds is 2. The molecular weight excluding hydrogens is 308 g/mol. The molecule has 0 bridgehead atoms. The van der Waals surface area contributed by atoms with Crippen molar-refractivity contribution in [3.63, 3.8) is 0 Å². The Morgan fingerprint density at radius 2 is 2.19 bits per heavy atom. The summed E-state index contributed by atoms with van der Waals surface area (Å²) >= 11 is 7.52. The summed E-state index contributed by atoms with van der Waals surface area (Å²) in [6.07, 6.45) is 2.68. The molecule has 2 saturated heterocycles. The molecular formula is C15H19ClN2O2S. The molecule has 0 spiro atoms. The molecule has 0 unspecified atom stereocenters. The van der Waals surface area contributed by atoms with E-state index >= 15 is 0 Å². The zero-order chi connectivity index (χ0) is 14.4. The number of nitrogens with zero attached hydrogens (tertiary/aromatic N) is 2. The van der Waals surface area contributed by atoms with Gasteiger partial charge in [-0.1, -0.05) is 11.6 Å². The Morgan fingerprint density at radius 1 is 1.33 bits per heavy atom. The molecule has 3 heterocycles. The summed E-state index contributed by atoms with van der Waals surface area (Å²) in [5.41, 5.74) is 0. The Balaban J connectivity index is 1.46. The van der Waals surface area contributed by atoms with Crippen LogP contribution in [0.25, 0.3) is 0 Å². The Bertz CT molecular complexity index is 546. The molecule has 3 fully saturated rings. The first-order chi connectivity index (χ1) is 10.2. The van der Waals surface area contributed by atoms with Crippen LogP contribution in [-0.2, 0) is 4.74 Å². The molecule has 4 rings (SSSR count). The van der Waals surface area contributed by atoms with Crippen LogP contribution in [0.2, 0.25) is 5.02 Å². The fourth-order valence-electron chi connectivity index (χ4n) is 3.54. The summed E-state index contributed by atoms with van der Waals surface area (Å²) in [5, 5.41) is 2.45. The fraction of sp³-hybridized carbons (Fsp3) is 0.667. The minimum atomic E-state index is 0.0724. The highest BCUT2D eigenvalue weighted by Gasteiger charge is 2.43. The first-order valence-electron chi connectivity index (χ1n) is 7.60. The lowest BCUT2D eigenvalue weighted by Crippen LogP contribution is -2.63. The van der Waals surface area contributed by atoms with Crippen molar-refractivity contribution < 1.29 is 9.53 Å².